The molecule has 0 fully saturated rings. The van der Waals surface area contributed by atoms with E-state index in [0.717, 1.165) is 23.1 Å². The van der Waals surface area contributed by atoms with Crippen LogP contribution in [-0.2, 0) is 16.4 Å². The maximum absolute atomic E-state index is 12.4. The first-order chi connectivity index (χ1) is 13.3. The van der Waals surface area contributed by atoms with Crippen LogP contribution in [0.4, 0.5) is 5.69 Å². The lowest BCUT2D eigenvalue weighted by Crippen LogP contribution is -2.26. The predicted octanol–water partition coefficient (Wildman–Crippen LogP) is 2.52. The summed E-state index contributed by atoms with van der Waals surface area (Å²) < 4.78 is 27.1. The maximum Gasteiger partial charge on any atom is 0.251 e. The zero-order chi connectivity index (χ0) is 20.1. The van der Waals surface area contributed by atoms with Gasteiger partial charge in [0.2, 0.25) is 10.0 Å². The fourth-order valence-electron chi connectivity index (χ4n) is 2.73. The lowest BCUT2D eigenvalue weighted by atomic mass is 10.1. The van der Waals surface area contributed by atoms with E-state index in [9.17, 15) is 13.2 Å². The highest BCUT2D eigenvalue weighted by Gasteiger charge is 2.10. The lowest BCUT2D eigenvalue weighted by Gasteiger charge is -2.11. The Morgan fingerprint density at radius 1 is 1.14 bits per heavy atom. The minimum Gasteiger partial charge on any atom is -0.352 e. The maximum atomic E-state index is 12.4. The van der Waals surface area contributed by atoms with Gasteiger partial charge in [-0.2, -0.15) is 5.10 Å². The van der Waals surface area contributed by atoms with Crippen LogP contribution in [0, 0.1) is 6.92 Å². The van der Waals surface area contributed by atoms with E-state index >= 15 is 0 Å². The number of aromatic nitrogens is 2. The number of hydrogen-bond acceptors (Lipinski definition) is 4. The molecule has 0 aliphatic heterocycles. The van der Waals surface area contributed by atoms with E-state index in [1.807, 2.05) is 36.5 Å². The van der Waals surface area contributed by atoms with Crippen molar-refractivity contribution in [3.63, 3.8) is 0 Å². The summed E-state index contributed by atoms with van der Waals surface area (Å²) in [6.45, 7) is 2.25. The smallest absolute Gasteiger partial charge is 0.251 e. The Kier molecular flexibility index (Phi) is 5.79. The standard InChI is InChI=1S/C20H22N4O3S/c1-15-4-7-17(14-19(15)23-28(2,26)27)20(25)21-12-10-16-5-8-18(9-6-16)24-13-3-11-22-24/h3-9,11,13-14,23H,10,12H2,1-2H3,(H,21,25). The largest absolute Gasteiger partial charge is 0.352 e. The van der Waals surface area contributed by atoms with E-state index in [0.29, 0.717) is 24.2 Å². The van der Waals surface area contributed by atoms with Gasteiger partial charge in [-0.3, -0.25) is 9.52 Å². The van der Waals surface area contributed by atoms with Crippen LogP contribution in [0.5, 0.6) is 0 Å². The normalized spacial score (nSPS) is 11.2. The van der Waals surface area contributed by atoms with Crippen LogP contribution < -0.4 is 10.0 Å². The van der Waals surface area contributed by atoms with Crippen molar-refractivity contribution in [3.05, 3.63) is 77.6 Å². The first kappa shape index (κ1) is 19.6. The molecule has 0 unspecified atom stereocenters. The Morgan fingerprint density at radius 3 is 2.54 bits per heavy atom. The molecule has 0 saturated carbocycles. The quantitative estimate of drug-likeness (QED) is 0.640. The third kappa shape index (κ3) is 5.20. The van der Waals surface area contributed by atoms with E-state index in [4.69, 9.17) is 0 Å². The van der Waals surface area contributed by atoms with Crippen LogP contribution in [0.2, 0.25) is 0 Å². The van der Waals surface area contributed by atoms with Crippen molar-refractivity contribution in [1.29, 1.82) is 0 Å². The molecule has 0 spiro atoms. The number of carbonyl (C=O) groups is 1. The third-order valence-corrected chi connectivity index (χ3v) is 4.79. The Bertz CT molecular complexity index is 1060. The van der Waals surface area contributed by atoms with Gasteiger partial charge in [0, 0.05) is 24.5 Å². The fraction of sp³-hybridized carbons (Fsp3) is 0.200. The van der Waals surface area contributed by atoms with Gasteiger partial charge in [0.1, 0.15) is 0 Å². The van der Waals surface area contributed by atoms with E-state index in [-0.39, 0.29) is 5.91 Å². The van der Waals surface area contributed by atoms with Gasteiger partial charge >= 0.3 is 0 Å². The second-order valence-corrected chi connectivity index (χ2v) is 8.28. The number of carbonyl (C=O) groups excluding carboxylic acids is 1. The molecular formula is C20H22N4O3S. The molecule has 0 aliphatic carbocycles. The molecule has 3 aromatic rings. The van der Waals surface area contributed by atoms with Crippen LogP contribution in [0.3, 0.4) is 0 Å². The molecule has 28 heavy (non-hydrogen) atoms. The molecule has 2 aromatic carbocycles. The van der Waals surface area contributed by atoms with Crippen molar-refractivity contribution in [2.45, 2.75) is 13.3 Å². The minimum absolute atomic E-state index is 0.246. The van der Waals surface area contributed by atoms with Crippen molar-refractivity contribution in [2.24, 2.45) is 0 Å². The summed E-state index contributed by atoms with van der Waals surface area (Å²) in [5, 5.41) is 7.05. The molecular weight excluding hydrogens is 376 g/mol. The molecule has 1 amide bonds. The van der Waals surface area contributed by atoms with E-state index in [2.05, 4.69) is 15.1 Å². The second kappa shape index (κ2) is 8.26. The number of hydrogen-bond donors (Lipinski definition) is 2. The number of anilines is 1. The average molecular weight is 398 g/mol. The first-order valence-corrected chi connectivity index (χ1v) is 10.7. The third-order valence-electron chi connectivity index (χ3n) is 4.20. The highest BCUT2D eigenvalue weighted by molar-refractivity contribution is 7.92. The van der Waals surface area contributed by atoms with E-state index in [1.165, 1.54) is 0 Å². The van der Waals surface area contributed by atoms with Crippen LogP contribution in [-0.4, -0.2) is 36.9 Å². The van der Waals surface area contributed by atoms with Crippen molar-refractivity contribution in [3.8, 4) is 5.69 Å². The summed E-state index contributed by atoms with van der Waals surface area (Å²) >= 11 is 0. The van der Waals surface area contributed by atoms with Gasteiger partial charge < -0.3 is 5.32 Å². The molecule has 0 aliphatic rings. The lowest BCUT2D eigenvalue weighted by molar-refractivity contribution is 0.0954. The van der Waals surface area contributed by atoms with Gasteiger partial charge in [0.05, 0.1) is 17.6 Å². The zero-order valence-electron chi connectivity index (χ0n) is 15.7. The molecule has 1 aromatic heterocycles. The first-order valence-electron chi connectivity index (χ1n) is 8.77. The van der Waals surface area contributed by atoms with Gasteiger partial charge in [-0.25, -0.2) is 13.1 Å². The summed E-state index contributed by atoms with van der Waals surface area (Å²) in [5.74, 6) is -0.246. The Hall–Kier alpha value is -3.13. The molecule has 0 saturated heterocycles. The molecule has 146 valence electrons. The summed E-state index contributed by atoms with van der Waals surface area (Å²) in [6.07, 6.45) is 5.37. The topological polar surface area (TPSA) is 93.1 Å². The van der Waals surface area contributed by atoms with E-state index in [1.54, 1.807) is 36.0 Å². The summed E-state index contributed by atoms with van der Waals surface area (Å²) in [4.78, 5) is 12.4. The van der Waals surface area contributed by atoms with Gasteiger partial charge in [0.15, 0.2) is 0 Å². The zero-order valence-corrected chi connectivity index (χ0v) is 16.5. The fourth-order valence-corrected chi connectivity index (χ4v) is 3.35. The predicted molar refractivity (Wildman–Crippen MR) is 109 cm³/mol. The van der Waals surface area contributed by atoms with Crippen LogP contribution in [0.15, 0.2) is 60.9 Å². The van der Waals surface area contributed by atoms with Crippen LogP contribution >= 0.6 is 0 Å². The van der Waals surface area contributed by atoms with Crippen molar-refractivity contribution in [1.82, 2.24) is 15.1 Å². The van der Waals surface area contributed by atoms with Crippen molar-refractivity contribution < 1.29 is 13.2 Å². The molecule has 8 heteroatoms. The van der Waals surface area contributed by atoms with Gasteiger partial charge in [-0.15, -0.1) is 0 Å². The molecule has 0 radical (unpaired) electrons. The van der Waals surface area contributed by atoms with E-state index < -0.39 is 10.0 Å². The molecule has 1 heterocycles. The summed E-state index contributed by atoms with van der Waals surface area (Å²) in [5.41, 5.74) is 3.64. The number of benzene rings is 2. The molecule has 2 N–H and O–H groups in total. The van der Waals surface area contributed by atoms with Gasteiger partial charge in [0.25, 0.3) is 5.91 Å². The number of nitrogens with one attached hydrogen (secondary N) is 2. The highest BCUT2D eigenvalue weighted by atomic mass is 32.2. The monoisotopic (exact) mass is 398 g/mol. The van der Waals surface area contributed by atoms with Gasteiger partial charge in [-0.05, 0) is 54.8 Å². The van der Waals surface area contributed by atoms with Crippen molar-refractivity contribution in [2.75, 3.05) is 17.5 Å². The number of aryl methyl sites for hydroxylation is 1. The Balaban J connectivity index is 1.58. The van der Waals surface area contributed by atoms with Crippen LogP contribution in [0.1, 0.15) is 21.5 Å². The SMILES string of the molecule is Cc1ccc(C(=O)NCCc2ccc(-n3cccn3)cc2)cc1NS(C)(=O)=O. The number of sulfonamides is 1. The number of amides is 1. The number of rotatable bonds is 7. The summed E-state index contributed by atoms with van der Waals surface area (Å²) in [7, 11) is -3.40. The van der Waals surface area contributed by atoms with Crippen LogP contribution in [0.25, 0.3) is 5.69 Å². The van der Waals surface area contributed by atoms with Crippen molar-refractivity contribution >= 4 is 21.6 Å². The minimum atomic E-state index is -3.40. The second-order valence-electron chi connectivity index (χ2n) is 6.53. The Morgan fingerprint density at radius 2 is 1.89 bits per heavy atom. The van der Waals surface area contributed by atoms with Gasteiger partial charge in [-0.1, -0.05) is 18.2 Å². The average Bonchev–Trinajstić information content (AvgIpc) is 3.17. The number of nitrogens with zero attached hydrogens (tertiary/aromatic N) is 2. The highest BCUT2D eigenvalue weighted by Crippen LogP contribution is 2.18. The molecule has 7 nitrogen and oxygen atoms in total. The summed E-state index contributed by atoms with van der Waals surface area (Å²) in [6, 6.07) is 14.8. The molecule has 0 bridgehead atoms. The molecule has 0 atom stereocenters. The molecule has 3 rings (SSSR count). The Labute approximate surface area is 164 Å².